The van der Waals surface area contributed by atoms with Crippen LogP contribution in [0.25, 0.3) is 0 Å². The number of piperazine rings is 1. The van der Waals surface area contributed by atoms with Crippen molar-refractivity contribution < 1.29 is 4.79 Å². The topological polar surface area (TPSA) is 35.6 Å². The van der Waals surface area contributed by atoms with Gasteiger partial charge >= 0.3 is 6.03 Å². The van der Waals surface area contributed by atoms with Crippen molar-refractivity contribution in [2.24, 2.45) is 0 Å². The number of carbonyl (C=O) groups is 1. The number of nitrogens with zero attached hydrogens (tertiary/aromatic N) is 2. The molecule has 4 nitrogen and oxygen atoms in total. The second kappa shape index (κ2) is 6.97. The van der Waals surface area contributed by atoms with Gasteiger partial charge < -0.3 is 15.1 Å². The molecule has 1 saturated carbocycles. The van der Waals surface area contributed by atoms with E-state index in [0.717, 1.165) is 31.6 Å². The van der Waals surface area contributed by atoms with Crippen molar-refractivity contribution in [3.05, 3.63) is 28.2 Å². The lowest BCUT2D eigenvalue weighted by atomic mass is 10.2. The number of halogens is 2. The van der Waals surface area contributed by atoms with Gasteiger partial charge in [0.25, 0.3) is 0 Å². The number of nitrogens with one attached hydrogen (secondary N) is 1. The molecule has 1 N–H and O–H groups in total. The van der Waals surface area contributed by atoms with Crippen molar-refractivity contribution in [1.82, 2.24) is 10.2 Å². The molecule has 1 aromatic carbocycles. The van der Waals surface area contributed by atoms with Gasteiger partial charge in [0, 0.05) is 32.2 Å². The third-order valence-corrected chi connectivity index (χ3v) is 5.11. The molecule has 2 amide bonds. The van der Waals surface area contributed by atoms with E-state index in [1.54, 1.807) is 0 Å². The minimum absolute atomic E-state index is 0.0665. The fraction of sp³-hybridized carbons (Fsp3) is 0.562. The average Bonchev–Trinajstić information content (AvgIpc) is 3.00. The molecule has 0 atom stereocenters. The number of benzene rings is 1. The summed E-state index contributed by atoms with van der Waals surface area (Å²) in [6, 6.07) is 5.98. The standard InChI is InChI=1S/C16H21Cl2N3O/c17-13-6-3-7-14(18)15(13)20-8-10-21(11-9-20)16(22)19-12-4-1-2-5-12/h3,6-7,12H,1-2,4-5,8-11H2,(H,19,22). The molecule has 6 heteroatoms. The zero-order chi connectivity index (χ0) is 15.5. The van der Waals surface area contributed by atoms with Crippen LogP contribution in [0.3, 0.4) is 0 Å². The Balaban J connectivity index is 1.57. The molecule has 1 saturated heterocycles. The summed E-state index contributed by atoms with van der Waals surface area (Å²) in [6.45, 7) is 2.89. The first-order valence-electron chi connectivity index (χ1n) is 7.89. The van der Waals surface area contributed by atoms with Crippen LogP contribution in [0.4, 0.5) is 10.5 Å². The molecule has 0 aromatic heterocycles. The summed E-state index contributed by atoms with van der Waals surface area (Å²) < 4.78 is 0. The number of para-hydroxylation sites is 1. The highest BCUT2D eigenvalue weighted by atomic mass is 35.5. The van der Waals surface area contributed by atoms with E-state index in [9.17, 15) is 4.79 Å². The normalized spacial score (nSPS) is 19.5. The van der Waals surface area contributed by atoms with Gasteiger partial charge in [-0.05, 0) is 25.0 Å². The van der Waals surface area contributed by atoms with Crippen molar-refractivity contribution in [2.45, 2.75) is 31.7 Å². The molecule has 0 radical (unpaired) electrons. The van der Waals surface area contributed by atoms with E-state index in [1.165, 1.54) is 12.8 Å². The summed E-state index contributed by atoms with van der Waals surface area (Å²) >= 11 is 12.5. The van der Waals surface area contributed by atoms with Crippen molar-refractivity contribution in [2.75, 3.05) is 31.1 Å². The van der Waals surface area contributed by atoms with Crippen LogP contribution in [0, 0.1) is 0 Å². The van der Waals surface area contributed by atoms with E-state index in [0.29, 0.717) is 29.2 Å². The monoisotopic (exact) mass is 341 g/mol. The lowest BCUT2D eigenvalue weighted by Crippen LogP contribution is -2.53. The fourth-order valence-electron chi connectivity index (χ4n) is 3.26. The van der Waals surface area contributed by atoms with E-state index in [4.69, 9.17) is 23.2 Å². The Morgan fingerprint density at radius 2 is 1.64 bits per heavy atom. The summed E-state index contributed by atoms with van der Waals surface area (Å²) in [7, 11) is 0. The Labute approximate surface area is 141 Å². The molecule has 120 valence electrons. The fourth-order valence-corrected chi connectivity index (χ4v) is 3.90. The summed E-state index contributed by atoms with van der Waals surface area (Å²) in [5, 5.41) is 4.47. The summed E-state index contributed by atoms with van der Waals surface area (Å²) in [5.41, 5.74) is 0.877. The minimum atomic E-state index is 0.0665. The van der Waals surface area contributed by atoms with Crippen LogP contribution in [-0.2, 0) is 0 Å². The largest absolute Gasteiger partial charge is 0.366 e. The van der Waals surface area contributed by atoms with Gasteiger partial charge in [-0.25, -0.2) is 4.79 Å². The van der Waals surface area contributed by atoms with Crippen LogP contribution in [-0.4, -0.2) is 43.2 Å². The molecule has 0 bridgehead atoms. The Kier molecular flexibility index (Phi) is 4.99. The van der Waals surface area contributed by atoms with Crippen molar-refractivity contribution in [1.29, 1.82) is 0 Å². The first-order valence-corrected chi connectivity index (χ1v) is 8.65. The maximum atomic E-state index is 12.3. The minimum Gasteiger partial charge on any atom is -0.366 e. The summed E-state index contributed by atoms with van der Waals surface area (Å²) in [4.78, 5) is 16.3. The number of carbonyl (C=O) groups excluding carboxylic acids is 1. The quantitative estimate of drug-likeness (QED) is 0.888. The number of hydrogen-bond acceptors (Lipinski definition) is 2. The van der Waals surface area contributed by atoms with Gasteiger partial charge in [0.2, 0.25) is 0 Å². The van der Waals surface area contributed by atoms with E-state index in [2.05, 4.69) is 10.2 Å². The highest BCUT2D eigenvalue weighted by Crippen LogP contribution is 2.34. The Morgan fingerprint density at radius 1 is 1.05 bits per heavy atom. The number of rotatable bonds is 2. The van der Waals surface area contributed by atoms with Gasteiger partial charge in [0.05, 0.1) is 15.7 Å². The predicted octanol–water partition coefficient (Wildman–Crippen LogP) is 3.77. The van der Waals surface area contributed by atoms with Crippen LogP contribution in [0.1, 0.15) is 25.7 Å². The molecule has 0 unspecified atom stereocenters. The second-order valence-corrected chi connectivity index (χ2v) is 6.79. The number of amides is 2. The van der Waals surface area contributed by atoms with Gasteiger partial charge in [-0.3, -0.25) is 0 Å². The molecule has 1 heterocycles. The molecule has 1 aliphatic heterocycles. The third-order valence-electron chi connectivity index (χ3n) is 4.50. The van der Waals surface area contributed by atoms with Gasteiger partial charge in [0.15, 0.2) is 0 Å². The highest BCUT2D eigenvalue weighted by molar-refractivity contribution is 6.39. The van der Waals surface area contributed by atoms with Crippen LogP contribution in [0.2, 0.25) is 10.0 Å². The predicted molar refractivity (Wildman–Crippen MR) is 91.0 cm³/mol. The van der Waals surface area contributed by atoms with E-state index >= 15 is 0 Å². The molecule has 1 aliphatic carbocycles. The third kappa shape index (κ3) is 3.44. The van der Waals surface area contributed by atoms with Crippen LogP contribution in [0.15, 0.2) is 18.2 Å². The van der Waals surface area contributed by atoms with Gasteiger partial charge in [0.1, 0.15) is 0 Å². The Hall–Kier alpha value is -1.13. The SMILES string of the molecule is O=C(NC1CCCC1)N1CCN(c2c(Cl)cccc2Cl)CC1. The van der Waals surface area contributed by atoms with Crippen LogP contribution in [0.5, 0.6) is 0 Å². The van der Waals surface area contributed by atoms with Gasteiger partial charge in [-0.15, -0.1) is 0 Å². The Morgan fingerprint density at radius 3 is 2.23 bits per heavy atom. The average molecular weight is 342 g/mol. The lowest BCUT2D eigenvalue weighted by molar-refractivity contribution is 0.190. The van der Waals surface area contributed by atoms with Crippen molar-refractivity contribution in [3.8, 4) is 0 Å². The summed E-state index contributed by atoms with van der Waals surface area (Å²) in [5.74, 6) is 0. The second-order valence-electron chi connectivity index (χ2n) is 5.98. The molecular weight excluding hydrogens is 321 g/mol. The number of hydrogen-bond donors (Lipinski definition) is 1. The first kappa shape index (κ1) is 15.8. The smallest absolute Gasteiger partial charge is 0.317 e. The molecule has 2 fully saturated rings. The lowest BCUT2D eigenvalue weighted by Gasteiger charge is -2.37. The molecule has 3 rings (SSSR count). The van der Waals surface area contributed by atoms with Gasteiger partial charge in [-0.1, -0.05) is 42.1 Å². The van der Waals surface area contributed by atoms with E-state index < -0.39 is 0 Å². The van der Waals surface area contributed by atoms with Gasteiger partial charge in [-0.2, -0.15) is 0 Å². The van der Waals surface area contributed by atoms with Crippen LogP contribution < -0.4 is 10.2 Å². The van der Waals surface area contributed by atoms with E-state index in [1.807, 2.05) is 23.1 Å². The van der Waals surface area contributed by atoms with Crippen molar-refractivity contribution in [3.63, 3.8) is 0 Å². The summed E-state index contributed by atoms with van der Waals surface area (Å²) in [6.07, 6.45) is 4.68. The number of urea groups is 1. The molecule has 22 heavy (non-hydrogen) atoms. The zero-order valence-corrected chi connectivity index (χ0v) is 14.0. The molecule has 1 aromatic rings. The zero-order valence-electron chi connectivity index (χ0n) is 12.5. The molecule has 2 aliphatic rings. The van der Waals surface area contributed by atoms with Crippen molar-refractivity contribution >= 4 is 34.9 Å². The molecular formula is C16H21Cl2N3O. The van der Waals surface area contributed by atoms with Crippen LogP contribution >= 0.6 is 23.2 Å². The molecule has 0 spiro atoms. The maximum absolute atomic E-state index is 12.3. The highest BCUT2D eigenvalue weighted by Gasteiger charge is 2.25. The maximum Gasteiger partial charge on any atom is 0.317 e. The van der Waals surface area contributed by atoms with E-state index in [-0.39, 0.29) is 6.03 Å². The first-order chi connectivity index (χ1) is 10.6. The Bertz CT molecular complexity index is 518. The number of anilines is 1.